The molecule has 136 valence electrons. The molecule has 2 unspecified atom stereocenters. The van der Waals surface area contributed by atoms with E-state index in [2.05, 4.69) is 22.2 Å². The number of hydrogen-bond donors (Lipinski definition) is 2. The Labute approximate surface area is 144 Å². The number of rotatable bonds is 5. The highest BCUT2D eigenvalue weighted by Crippen LogP contribution is 2.17. The number of likely N-dealkylation sites (tertiary alicyclic amines) is 1. The lowest BCUT2D eigenvalue weighted by Gasteiger charge is -2.31. The molecule has 0 spiro atoms. The smallest absolute Gasteiger partial charge is 0.222 e. The van der Waals surface area contributed by atoms with Gasteiger partial charge in [0.05, 0.1) is 18.1 Å². The molecule has 2 atom stereocenters. The summed E-state index contributed by atoms with van der Waals surface area (Å²) in [6.07, 6.45) is 2.00. The largest absolute Gasteiger partial charge is 0.356 e. The van der Waals surface area contributed by atoms with Crippen LogP contribution in [0.15, 0.2) is 17.1 Å². The zero-order valence-electron chi connectivity index (χ0n) is 14.5. The second kappa shape index (κ2) is 8.00. The molecule has 7 nitrogen and oxygen atoms in total. The Kier molecular flexibility index (Phi) is 6.26. The quantitative estimate of drug-likeness (QED) is 0.416. The number of carbonyl (C=O) groups excluding carboxylic acids is 1. The molecule has 2 N–H and O–H groups in total. The number of amides is 1. The van der Waals surface area contributed by atoms with Crippen molar-refractivity contribution < 1.29 is 13.2 Å². The monoisotopic (exact) mass is 356 g/mol. The van der Waals surface area contributed by atoms with Crippen molar-refractivity contribution in [2.45, 2.75) is 32.2 Å². The van der Waals surface area contributed by atoms with Crippen LogP contribution < -0.4 is 10.6 Å². The van der Waals surface area contributed by atoms with Gasteiger partial charge < -0.3 is 15.5 Å². The topological polar surface area (TPSA) is 90.9 Å². The molecule has 0 aromatic carbocycles. The maximum absolute atomic E-state index is 11.6. The first-order chi connectivity index (χ1) is 11.2. The minimum Gasteiger partial charge on any atom is -0.356 e. The van der Waals surface area contributed by atoms with E-state index >= 15 is 0 Å². The van der Waals surface area contributed by atoms with Crippen molar-refractivity contribution in [2.75, 3.05) is 38.2 Å². The van der Waals surface area contributed by atoms with Crippen molar-refractivity contribution in [1.29, 1.82) is 0 Å². The summed E-state index contributed by atoms with van der Waals surface area (Å²) in [6.45, 7) is 7.52. The van der Waals surface area contributed by atoms with Crippen molar-refractivity contribution in [1.82, 2.24) is 15.5 Å². The number of nitrogens with zero attached hydrogens (tertiary/aromatic N) is 2. The van der Waals surface area contributed by atoms with Crippen LogP contribution in [0.3, 0.4) is 0 Å². The van der Waals surface area contributed by atoms with E-state index < -0.39 is 9.84 Å². The molecule has 2 fully saturated rings. The fourth-order valence-electron chi connectivity index (χ4n) is 2.96. The van der Waals surface area contributed by atoms with Gasteiger partial charge in [0.25, 0.3) is 0 Å². The molecule has 1 amide bonds. The standard InChI is InChI=1S/C16H28N4O3S/c1-12(2)8-17-16(18-9-13-6-7-24(22,23)11-13)19-14-4-5-15(21)20(3)10-14/h13-14H,1,4-11H2,2-3H3,(H2,17,18,19). The van der Waals surface area contributed by atoms with Crippen LogP contribution in [0.4, 0.5) is 0 Å². The van der Waals surface area contributed by atoms with Gasteiger partial charge in [0.2, 0.25) is 5.91 Å². The first-order valence-corrected chi connectivity index (χ1v) is 10.2. The molecule has 24 heavy (non-hydrogen) atoms. The van der Waals surface area contributed by atoms with Crippen LogP contribution in [0, 0.1) is 5.92 Å². The lowest BCUT2D eigenvalue weighted by Crippen LogP contribution is -2.52. The average molecular weight is 356 g/mol. The Morgan fingerprint density at radius 3 is 2.75 bits per heavy atom. The summed E-state index contributed by atoms with van der Waals surface area (Å²) in [6, 6.07) is 0.149. The van der Waals surface area contributed by atoms with E-state index in [-0.39, 0.29) is 29.4 Å². The van der Waals surface area contributed by atoms with Crippen LogP contribution in [0.25, 0.3) is 0 Å². The van der Waals surface area contributed by atoms with Gasteiger partial charge in [-0.25, -0.2) is 13.4 Å². The molecule has 2 aliphatic rings. The highest BCUT2D eigenvalue weighted by Gasteiger charge is 2.28. The summed E-state index contributed by atoms with van der Waals surface area (Å²) in [5.41, 5.74) is 0.954. The molecule has 2 saturated heterocycles. The number of nitrogens with one attached hydrogen (secondary N) is 2. The van der Waals surface area contributed by atoms with Crippen molar-refractivity contribution in [3.8, 4) is 0 Å². The SMILES string of the molecule is C=C(C)CN=C(NCC1CCS(=O)(=O)C1)NC1CCC(=O)N(C)C1. The molecule has 8 heteroatoms. The summed E-state index contributed by atoms with van der Waals surface area (Å²) in [7, 11) is -1.06. The van der Waals surface area contributed by atoms with Crippen LogP contribution in [0.5, 0.6) is 0 Å². The Morgan fingerprint density at radius 1 is 1.42 bits per heavy atom. The zero-order chi connectivity index (χ0) is 17.7. The van der Waals surface area contributed by atoms with Crippen LogP contribution >= 0.6 is 0 Å². The second-order valence-electron chi connectivity index (χ2n) is 6.93. The number of aliphatic imine (C=N–C) groups is 1. The number of sulfone groups is 1. The van der Waals surface area contributed by atoms with Gasteiger partial charge in [-0.15, -0.1) is 0 Å². The van der Waals surface area contributed by atoms with Gasteiger partial charge in [-0.05, 0) is 25.7 Å². The molecule has 0 radical (unpaired) electrons. The fourth-order valence-corrected chi connectivity index (χ4v) is 4.83. The lowest BCUT2D eigenvalue weighted by atomic mass is 10.1. The molecule has 2 aliphatic heterocycles. The van der Waals surface area contributed by atoms with Gasteiger partial charge in [0.15, 0.2) is 15.8 Å². The highest BCUT2D eigenvalue weighted by atomic mass is 32.2. The van der Waals surface area contributed by atoms with Gasteiger partial charge in [0.1, 0.15) is 0 Å². The second-order valence-corrected chi connectivity index (χ2v) is 9.15. The Hall–Kier alpha value is -1.57. The predicted octanol–water partition coefficient (Wildman–Crippen LogP) is 0.153. The lowest BCUT2D eigenvalue weighted by molar-refractivity contribution is -0.132. The summed E-state index contributed by atoms with van der Waals surface area (Å²) in [5, 5.41) is 6.62. The van der Waals surface area contributed by atoms with E-state index in [1.54, 1.807) is 11.9 Å². The van der Waals surface area contributed by atoms with Crippen molar-refractivity contribution in [2.24, 2.45) is 10.9 Å². The maximum atomic E-state index is 11.6. The van der Waals surface area contributed by atoms with Crippen molar-refractivity contribution >= 4 is 21.7 Å². The van der Waals surface area contributed by atoms with Gasteiger partial charge in [-0.3, -0.25) is 4.79 Å². The Balaban J connectivity index is 1.91. The molecule has 2 rings (SSSR count). The van der Waals surface area contributed by atoms with E-state index in [1.807, 2.05) is 6.92 Å². The fraction of sp³-hybridized carbons (Fsp3) is 0.750. The summed E-state index contributed by atoms with van der Waals surface area (Å²) >= 11 is 0. The molecular weight excluding hydrogens is 328 g/mol. The molecule has 0 saturated carbocycles. The number of carbonyl (C=O) groups is 1. The van der Waals surface area contributed by atoms with E-state index in [0.29, 0.717) is 38.4 Å². The van der Waals surface area contributed by atoms with Gasteiger partial charge in [-0.1, -0.05) is 12.2 Å². The molecule has 0 aliphatic carbocycles. The molecule has 0 bridgehead atoms. The normalized spacial score (nSPS) is 27.2. The number of piperidine rings is 1. The van der Waals surface area contributed by atoms with E-state index in [1.165, 1.54) is 0 Å². The van der Waals surface area contributed by atoms with Gasteiger partial charge in [0, 0.05) is 32.6 Å². The van der Waals surface area contributed by atoms with Crippen LogP contribution in [-0.4, -0.2) is 69.4 Å². The predicted molar refractivity (Wildman–Crippen MR) is 95.7 cm³/mol. The summed E-state index contributed by atoms with van der Waals surface area (Å²) < 4.78 is 23.1. The Morgan fingerprint density at radius 2 is 2.17 bits per heavy atom. The van der Waals surface area contributed by atoms with Crippen molar-refractivity contribution in [3.63, 3.8) is 0 Å². The maximum Gasteiger partial charge on any atom is 0.222 e. The summed E-state index contributed by atoms with van der Waals surface area (Å²) in [4.78, 5) is 17.8. The zero-order valence-corrected chi connectivity index (χ0v) is 15.4. The number of hydrogen-bond acceptors (Lipinski definition) is 4. The minimum absolute atomic E-state index is 0.127. The third-order valence-corrected chi connectivity index (χ3v) is 6.20. The van der Waals surface area contributed by atoms with Crippen LogP contribution in [0.2, 0.25) is 0 Å². The van der Waals surface area contributed by atoms with E-state index in [0.717, 1.165) is 12.0 Å². The average Bonchev–Trinajstić information content (AvgIpc) is 2.85. The molecular formula is C16H28N4O3S. The van der Waals surface area contributed by atoms with Gasteiger partial charge in [-0.2, -0.15) is 0 Å². The van der Waals surface area contributed by atoms with E-state index in [9.17, 15) is 13.2 Å². The van der Waals surface area contributed by atoms with Crippen molar-refractivity contribution in [3.05, 3.63) is 12.2 Å². The third-order valence-electron chi connectivity index (χ3n) is 4.36. The van der Waals surface area contributed by atoms with Gasteiger partial charge >= 0.3 is 0 Å². The summed E-state index contributed by atoms with van der Waals surface area (Å²) in [5.74, 6) is 1.48. The van der Waals surface area contributed by atoms with Crippen LogP contribution in [-0.2, 0) is 14.6 Å². The number of guanidine groups is 1. The van der Waals surface area contributed by atoms with E-state index in [4.69, 9.17) is 0 Å². The highest BCUT2D eigenvalue weighted by molar-refractivity contribution is 7.91. The molecule has 0 aromatic heterocycles. The molecule has 0 aromatic rings. The first-order valence-electron chi connectivity index (χ1n) is 8.39. The van der Waals surface area contributed by atoms with Crippen LogP contribution in [0.1, 0.15) is 26.2 Å². The minimum atomic E-state index is -2.87. The first kappa shape index (κ1) is 18.8. The number of likely N-dealkylation sites (N-methyl/N-ethyl adjacent to an activating group) is 1. The molecule has 2 heterocycles. The Bertz CT molecular complexity index is 615. The third kappa shape index (κ3) is 5.81.